The van der Waals surface area contributed by atoms with Crippen molar-refractivity contribution in [2.45, 2.75) is 0 Å². The molecule has 5 heteroatoms. The fourth-order valence-corrected chi connectivity index (χ4v) is 6.72. The minimum Gasteiger partial charge on any atom is -0.256 e. The minimum atomic E-state index is 0.387. The quantitative estimate of drug-likeness (QED) is 0.203. The van der Waals surface area contributed by atoms with Crippen LogP contribution in [0.5, 0.6) is 0 Å². The van der Waals surface area contributed by atoms with Gasteiger partial charge in [-0.15, -0.1) is 0 Å². The molecule has 6 aromatic rings. The largest absolute Gasteiger partial charge is 0.256 e. The summed E-state index contributed by atoms with van der Waals surface area (Å²) >= 11 is 0. The van der Waals surface area contributed by atoms with Crippen LogP contribution in [0.2, 0.25) is 0 Å². The Hall–Kier alpha value is -5.26. The molecule has 0 saturated carbocycles. The van der Waals surface area contributed by atoms with E-state index in [4.69, 9.17) is 9.97 Å². The van der Waals surface area contributed by atoms with Crippen LogP contribution in [0.4, 0.5) is 0 Å². The maximum Gasteiger partial charge on any atom is 0.129 e. The summed E-state index contributed by atoms with van der Waals surface area (Å²) < 4.78 is 0. The van der Waals surface area contributed by atoms with Gasteiger partial charge in [-0.3, -0.25) is 19.9 Å². The van der Waals surface area contributed by atoms with Crippen LogP contribution in [-0.4, -0.2) is 29.5 Å². The Labute approximate surface area is 241 Å². The molecule has 2 aromatic carbocycles. The van der Waals surface area contributed by atoms with Crippen LogP contribution in [0.15, 0.2) is 146 Å². The first-order chi connectivity index (χ1) is 20.3. The highest BCUT2D eigenvalue weighted by Gasteiger charge is 2.30. The van der Waals surface area contributed by atoms with Crippen molar-refractivity contribution in [3.8, 4) is 22.5 Å². The van der Waals surface area contributed by atoms with Gasteiger partial charge in [-0.1, -0.05) is 72.8 Å². The lowest BCUT2D eigenvalue weighted by molar-refractivity contribution is 1.26. The number of allylic oxidation sites excluding steroid dienone is 2. The van der Waals surface area contributed by atoms with Crippen molar-refractivity contribution in [1.82, 2.24) is 19.9 Å². The number of aromatic nitrogens is 4. The number of pyridine rings is 4. The lowest BCUT2D eigenvalue weighted by Crippen LogP contribution is -2.01. The van der Waals surface area contributed by atoms with Crippen molar-refractivity contribution >= 4 is 31.1 Å². The van der Waals surface area contributed by atoms with E-state index in [1.807, 2.05) is 61.2 Å². The second-order valence-electron chi connectivity index (χ2n) is 9.65. The second kappa shape index (κ2) is 11.1. The Bertz CT molecular complexity index is 1710. The predicted octanol–water partition coefficient (Wildman–Crippen LogP) is 7.76. The van der Waals surface area contributed by atoms with Crippen LogP contribution in [0.25, 0.3) is 44.1 Å². The van der Waals surface area contributed by atoms with E-state index in [9.17, 15) is 0 Å². The van der Waals surface area contributed by atoms with Gasteiger partial charge in [-0.2, -0.15) is 0 Å². The van der Waals surface area contributed by atoms with Crippen molar-refractivity contribution in [3.63, 3.8) is 0 Å². The molecule has 1 aliphatic heterocycles. The summed E-state index contributed by atoms with van der Waals surface area (Å²) in [5, 5.41) is 2.43. The van der Waals surface area contributed by atoms with Gasteiger partial charge in [-0.25, -0.2) is 0 Å². The van der Waals surface area contributed by atoms with E-state index < -0.39 is 0 Å². The average Bonchev–Trinajstić information content (AvgIpc) is 3.47. The Morgan fingerprint density at radius 2 is 0.780 bits per heavy atom. The average molecular weight is 541 g/mol. The van der Waals surface area contributed by atoms with E-state index in [1.165, 1.54) is 32.7 Å². The van der Waals surface area contributed by atoms with E-state index in [0.717, 1.165) is 33.9 Å². The normalized spacial score (nSPS) is 13.1. The van der Waals surface area contributed by atoms with Gasteiger partial charge < -0.3 is 0 Å². The zero-order valence-electron chi connectivity index (χ0n) is 22.1. The molecular formula is C36H24N4Si. The molecule has 0 atom stereocenters. The smallest absolute Gasteiger partial charge is 0.129 e. The number of hydrogen-bond acceptors (Lipinski definition) is 4. The van der Waals surface area contributed by atoms with Crippen molar-refractivity contribution in [2.75, 3.05) is 0 Å². The zero-order chi connectivity index (χ0) is 27.4. The molecule has 0 saturated heterocycles. The summed E-state index contributed by atoms with van der Waals surface area (Å²) in [4.78, 5) is 19.0. The third-order valence-corrected chi connectivity index (χ3v) is 8.60. The first kappa shape index (κ1) is 24.8. The number of benzene rings is 2. The molecule has 41 heavy (non-hydrogen) atoms. The molecule has 0 aliphatic carbocycles. The maximum absolute atomic E-state index is 4.98. The highest BCUT2D eigenvalue weighted by atomic mass is 28.2. The van der Waals surface area contributed by atoms with Crippen LogP contribution in [0.3, 0.4) is 0 Å². The van der Waals surface area contributed by atoms with E-state index in [2.05, 4.69) is 94.9 Å². The molecule has 0 spiro atoms. The van der Waals surface area contributed by atoms with Gasteiger partial charge in [-0.05, 0) is 81.2 Å². The number of nitrogens with zero attached hydrogens (tertiary/aromatic N) is 4. The summed E-state index contributed by atoms with van der Waals surface area (Å²) in [5.74, 6) is 0. The van der Waals surface area contributed by atoms with Gasteiger partial charge in [0.1, 0.15) is 9.52 Å². The molecule has 0 bridgehead atoms. The molecule has 1 aliphatic rings. The van der Waals surface area contributed by atoms with E-state index in [0.29, 0.717) is 9.52 Å². The Morgan fingerprint density at radius 3 is 1.15 bits per heavy atom. The lowest BCUT2D eigenvalue weighted by atomic mass is 9.90. The van der Waals surface area contributed by atoms with Crippen molar-refractivity contribution in [1.29, 1.82) is 0 Å². The highest BCUT2D eigenvalue weighted by molar-refractivity contribution is 6.86. The fraction of sp³-hybridized carbons (Fsp3) is 0. The van der Waals surface area contributed by atoms with Crippen LogP contribution in [0.1, 0.15) is 22.5 Å². The molecule has 0 amide bonds. The third kappa shape index (κ3) is 4.95. The van der Waals surface area contributed by atoms with Crippen LogP contribution in [0, 0.1) is 0 Å². The third-order valence-electron chi connectivity index (χ3n) is 7.09. The topological polar surface area (TPSA) is 51.6 Å². The second-order valence-corrected chi connectivity index (χ2v) is 10.9. The first-order valence-corrected chi connectivity index (χ1v) is 14.5. The molecule has 4 nitrogen and oxygen atoms in total. The molecule has 4 aromatic heterocycles. The van der Waals surface area contributed by atoms with Gasteiger partial charge in [0.05, 0.1) is 22.8 Å². The van der Waals surface area contributed by atoms with Crippen molar-refractivity contribution in [3.05, 3.63) is 169 Å². The Kier molecular flexibility index (Phi) is 6.69. The molecule has 2 radical (unpaired) electrons. The first-order valence-electron chi connectivity index (χ1n) is 13.5. The lowest BCUT2D eigenvalue weighted by Gasteiger charge is -2.14. The SMILES string of the molecule is c1ccc(C2=C(c3ccc(-c4ccccn4)cn3)[Si]C(c3ccc(-c4ccccn4)cn3)=C2c2ccccc2)cc1. The molecular weight excluding hydrogens is 517 g/mol. The number of rotatable bonds is 6. The van der Waals surface area contributed by atoms with Crippen molar-refractivity contribution in [2.24, 2.45) is 0 Å². The van der Waals surface area contributed by atoms with Crippen LogP contribution in [-0.2, 0) is 0 Å². The van der Waals surface area contributed by atoms with E-state index in [-0.39, 0.29) is 0 Å². The summed E-state index contributed by atoms with van der Waals surface area (Å²) in [6, 6.07) is 41.6. The van der Waals surface area contributed by atoms with Crippen LogP contribution >= 0.6 is 0 Å². The molecule has 0 unspecified atom stereocenters. The standard InChI is InChI=1S/C36H24N4Si/c1-3-11-25(12-4-1)33-34(26-13-5-2-6-14-26)36(32-20-18-28(24-40-32)30-16-8-10-22-38-30)41-35(33)31-19-17-27(23-39-31)29-15-7-9-21-37-29/h1-24H. The number of hydrogen-bond donors (Lipinski definition) is 0. The molecule has 5 heterocycles. The molecule has 7 rings (SSSR count). The zero-order valence-corrected chi connectivity index (χ0v) is 23.1. The van der Waals surface area contributed by atoms with Gasteiger partial charge >= 0.3 is 0 Å². The summed E-state index contributed by atoms with van der Waals surface area (Å²) in [7, 11) is 0.387. The predicted molar refractivity (Wildman–Crippen MR) is 167 cm³/mol. The Morgan fingerprint density at radius 1 is 0.341 bits per heavy atom. The molecule has 0 fully saturated rings. The van der Waals surface area contributed by atoms with Gasteiger partial charge in [0.15, 0.2) is 0 Å². The Balaban J connectivity index is 1.38. The monoisotopic (exact) mass is 540 g/mol. The summed E-state index contributed by atoms with van der Waals surface area (Å²) in [5.41, 5.74) is 10.5. The van der Waals surface area contributed by atoms with Gasteiger partial charge in [0.2, 0.25) is 0 Å². The summed E-state index contributed by atoms with van der Waals surface area (Å²) in [6.07, 6.45) is 7.48. The molecule has 0 N–H and O–H groups in total. The maximum atomic E-state index is 4.98. The highest BCUT2D eigenvalue weighted by Crippen LogP contribution is 2.47. The van der Waals surface area contributed by atoms with Gasteiger partial charge in [0.25, 0.3) is 0 Å². The fourth-order valence-electron chi connectivity index (χ4n) is 5.12. The summed E-state index contributed by atoms with van der Waals surface area (Å²) in [6.45, 7) is 0. The van der Waals surface area contributed by atoms with E-state index in [1.54, 1.807) is 0 Å². The van der Waals surface area contributed by atoms with Crippen molar-refractivity contribution < 1.29 is 0 Å². The minimum absolute atomic E-state index is 0.387. The molecule has 192 valence electrons. The van der Waals surface area contributed by atoms with Crippen LogP contribution < -0.4 is 0 Å². The van der Waals surface area contributed by atoms with Gasteiger partial charge in [0, 0.05) is 35.9 Å². The van der Waals surface area contributed by atoms with E-state index >= 15 is 0 Å².